The first-order chi connectivity index (χ1) is 6.81. The molecular weight excluding hydrogens is 247 g/mol. The molecule has 2 rings (SSSR count). The fraction of sp³-hybridized carbons (Fsp3) is 0.455. The van der Waals surface area contributed by atoms with Crippen LogP contribution in [0.25, 0.3) is 0 Å². The van der Waals surface area contributed by atoms with Gasteiger partial charge >= 0.3 is 0 Å². The summed E-state index contributed by atoms with van der Waals surface area (Å²) in [6.45, 7) is 0.746. The first-order valence-corrected chi connectivity index (χ1v) is 5.91. The molecule has 0 amide bonds. The zero-order chi connectivity index (χ0) is 9.97. The molecule has 0 aromatic heterocycles. The lowest BCUT2D eigenvalue weighted by Gasteiger charge is -2.25. The van der Waals surface area contributed by atoms with Crippen molar-refractivity contribution in [3.8, 4) is 5.75 Å². The van der Waals surface area contributed by atoms with Gasteiger partial charge in [-0.15, -0.1) is 0 Å². The highest BCUT2D eigenvalue weighted by molar-refractivity contribution is 9.09. The van der Waals surface area contributed by atoms with Crippen LogP contribution in [-0.2, 0) is 0 Å². The molecule has 0 spiro atoms. The minimum absolute atomic E-state index is 0.172. The molecule has 0 radical (unpaired) electrons. The van der Waals surface area contributed by atoms with E-state index < -0.39 is 0 Å². The fourth-order valence-corrected chi connectivity index (χ4v) is 2.42. The van der Waals surface area contributed by atoms with Crippen molar-refractivity contribution in [2.24, 2.45) is 0 Å². The number of halogens is 2. The smallest absolute Gasteiger partial charge is 0.123 e. The summed E-state index contributed by atoms with van der Waals surface area (Å²) in [5, 5.41) is 0.952. The highest BCUT2D eigenvalue weighted by Crippen LogP contribution is 2.36. The first-order valence-electron chi connectivity index (χ1n) is 4.79. The molecule has 14 heavy (non-hydrogen) atoms. The van der Waals surface area contributed by atoms with Gasteiger partial charge in [0.2, 0.25) is 0 Å². The molecule has 1 heterocycles. The van der Waals surface area contributed by atoms with E-state index in [0.717, 1.165) is 36.1 Å². The number of alkyl halides is 1. The van der Waals surface area contributed by atoms with E-state index in [4.69, 9.17) is 4.74 Å². The quantitative estimate of drug-likeness (QED) is 0.739. The average Bonchev–Trinajstić information content (AvgIpc) is 2.19. The Morgan fingerprint density at radius 3 is 3.14 bits per heavy atom. The van der Waals surface area contributed by atoms with Crippen molar-refractivity contribution in [2.75, 3.05) is 11.9 Å². The molecular formula is C11H12BrFO. The summed E-state index contributed by atoms with van der Waals surface area (Å²) in [5.41, 5.74) is 1.02. The summed E-state index contributed by atoms with van der Waals surface area (Å²) in [5.74, 6) is 1.12. The van der Waals surface area contributed by atoms with Gasteiger partial charge in [0.15, 0.2) is 0 Å². The molecule has 1 aliphatic heterocycles. The summed E-state index contributed by atoms with van der Waals surface area (Å²) >= 11 is 3.42. The number of benzene rings is 1. The monoisotopic (exact) mass is 258 g/mol. The third-order valence-electron chi connectivity index (χ3n) is 2.59. The number of hydrogen-bond donors (Lipinski definition) is 0. The van der Waals surface area contributed by atoms with Crippen LogP contribution < -0.4 is 4.74 Å². The molecule has 1 aromatic rings. The van der Waals surface area contributed by atoms with Gasteiger partial charge in [-0.3, -0.25) is 0 Å². The van der Waals surface area contributed by atoms with Crippen LogP contribution in [0.3, 0.4) is 0 Å². The Morgan fingerprint density at radius 2 is 2.36 bits per heavy atom. The van der Waals surface area contributed by atoms with E-state index in [1.54, 1.807) is 12.1 Å². The third kappa shape index (κ3) is 1.92. The Morgan fingerprint density at radius 1 is 1.50 bits per heavy atom. The van der Waals surface area contributed by atoms with Crippen molar-refractivity contribution in [1.29, 1.82) is 0 Å². The predicted molar refractivity (Wildman–Crippen MR) is 57.7 cm³/mol. The Kier molecular flexibility index (Phi) is 3.06. The van der Waals surface area contributed by atoms with Crippen LogP contribution in [-0.4, -0.2) is 11.9 Å². The van der Waals surface area contributed by atoms with Gasteiger partial charge < -0.3 is 4.74 Å². The second kappa shape index (κ2) is 4.30. The van der Waals surface area contributed by atoms with Crippen molar-refractivity contribution in [2.45, 2.75) is 18.8 Å². The van der Waals surface area contributed by atoms with Crippen LogP contribution in [0.4, 0.5) is 4.39 Å². The maximum Gasteiger partial charge on any atom is 0.123 e. The zero-order valence-corrected chi connectivity index (χ0v) is 9.39. The van der Waals surface area contributed by atoms with E-state index in [2.05, 4.69) is 15.9 Å². The Hall–Kier alpha value is -0.570. The van der Waals surface area contributed by atoms with Crippen LogP contribution in [0.5, 0.6) is 5.75 Å². The van der Waals surface area contributed by atoms with Gasteiger partial charge in [0.1, 0.15) is 11.6 Å². The van der Waals surface area contributed by atoms with E-state index in [-0.39, 0.29) is 5.82 Å². The second-order valence-corrected chi connectivity index (χ2v) is 4.29. The molecule has 0 bridgehead atoms. The lowest BCUT2D eigenvalue weighted by Crippen LogP contribution is -2.14. The van der Waals surface area contributed by atoms with Gasteiger partial charge in [-0.05, 0) is 37.0 Å². The minimum Gasteiger partial charge on any atom is -0.493 e. The molecule has 1 atom stereocenters. The summed E-state index contributed by atoms with van der Waals surface area (Å²) < 4.78 is 18.5. The highest BCUT2D eigenvalue weighted by Gasteiger charge is 2.21. The maximum atomic E-state index is 13.0. The third-order valence-corrected chi connectivity index (χ3v) is 3.05. The van der Waals surface area contributed by atoms with Gasteiger partial charge in [-0.1, -0.05) is 15.9 Å². The van der Waals surface area contributed by atoms with E-state index in [9.17, 15) is 4.39 Å². The Bertz CT molecular complexity index is 327. The van der Waals surface area contributed by atoms with Gasteiger partial charge in [-0.25, -0.2) is 4.39 Å². The minimum atomic E-state index is -0.172. The molecule has 0 fully saturated rings. The maximum absolute atomic E-state index is 13.0. The molecule has 3 heteroatoms. The Balaban J connectivity index is 2.32. The molecule has 0 aliphatic carbocycles. The number of hydrogen-bond acceptors (Lipinski definition) is 1. The normalized spacial score (nSPS) is 20.0. The van der Waals surface area contributed by atoms with Crippen molar-refractivity contribution >= 4 is 15.9 Å². The summed E-state index contributed by atoms with van der Waals surface area (Å²) in [6, 6.07) is 4.78. The van der Waals surface area contributed by atoms with Crippen LogP contribution in [0.15, 0.2) is 18.2 Å². The van der Waals surface area contributed by atoms with Crippen LogP contribution in [0, 0.1) is 5.82 Å². The van der Waals surface area contributed by atoms with Crippen molar-refractivity contribution < 1.29 is 9.13 Å². The SMILES string of the molecule is Fc1ccc2c(c1)C(CCBr)CCO2. The zero-order valence-electron chi connectivity index (χ0n) is 7.80. The van der Waals surface area contributed by atoms with Crippen molar-refractivity contribution in [3.05, 3.63) is 29.6 Å². The van der Waals surface area contributed by atoms with Crippen molar-refractivity contribution in [1.82, 2.24) is 0 Å². The topological polar surface area (TPSA) is 9.23 Å². The van der Waals surface area contributed by atoms with Crippen LogP contribution in [0.1, 0.15) is 24.3 Å². The molecule has 0 N–H and O–H groups in total. The summed E-state index contributed by atoms with van der Waals surface area (Å²) in [4.78, 5) is 0. The van der Waals surface area contributed by atoms with Crippen LogP contribution in [0.2, 0.25) is 0 Å². The lowest BCUT2D eigenvalue weighted by atomic mass is 9.91. The van der Waals surface area contributed by atoms with Crippen molar-refractivity contribution in [3.63, 3.8) is 0 Å². The summed E-state index contributed by atoms with van der Waals surface area (Å²) in [6.07, 6.45) is 2.03. The van der Waals surface area contributed by atoms with Gasteiger partial charge in [-0.2, -0.15) is 0 Å². The molecule has 1 nitrogen and oxygen atoms in total. The first kappa shape index (κ1) is 9.97. The largest absolute Gasteiger partial charge is 0.493 e. The molecule has 0 saturated carbocycles. The fourth-order valence-electron chi connectivity index (χ4n) is 1.87. The van der Waals surface area contributed by atoms with E-state index in [1.807, 2.05) is 0 Å². The Labute approximate surface area is 91.4 Å². The van der Waals surface area contributed by atoms with Gasteiger partial charge in [0.05, 0.1) is 6.61 Å². The van der Waals surface area contributed by atoms with E-state index in [0.29, 0.717) is 5.92 Å². The number of ether oxygens (including phenoxy) is 1. The van der Waals surface area contributed by atoms with Gasteiger partial charge in [0.25, 0.3) is 0 Å². The molecule has 1 aromatic carbocycles. The van der Waals surface area contributed by atoms with Gasteiger partial charge in [0, 0.05) is 10.9 Å². The average molecular weight is 259 g/mol. The van der Waals surface area contributed by atoms with E-state index >= 15 is 0 Å². The predicted octanol–water partition coefficient (Wildman–Crippen LogP) is 3.48. The van der Waals surface area contributed by atoms with E-state index in [1.165, 1.54) is 6.07 Å². The molecule has 1 aliphatic rings. The van der Waals surface area contributed by atoms with Crippen LogP contribution >= 0.6 is 15.9 Å². The second-order valence-electron chi connectivity index (χ2n) is 3.49. The molecule has 1 unspecified atom stereocenters. The summed E-state index contributed by atoms with van der Waals surface area (Å²) in [7, 11) is 0. The number of rotatable bonds is 2. The highest BCUT2D eigenvalue weighted by atomic mass is 79.9. The standard InChI is InChI=1S/C11H12BrFO/c12-5-3-8-4-6-14-11-2-1-9(13)7-10(8)11/h1-2,7-8H,3-6H2. The lowest BCUT2D eigenvalue weighted by molar-refractivity contribution is 0.265. The molecule has 0 saturated heterocycles. The number of fused-ring (bicyclic) bond motifs is 1. The molecule has 76 valence electrons.